The van der Waals surface area contributed by atoms with E-state index in [-0.39, 0.29) is 102 Å². The van der Waals surface area contributed by atoms with Crippen molar-refractivity contribution in [3.05, 3.63) is 0 Å². The van der Waals surface area contributed by atoms with Gasteiger partial charge in [0.2, 0.25) is 47.3 Å². The van der Waals surface area contributed by atoms with E-state index in [0.29, 0.717) is 0 Å². The molecule has 0 aromatic rings. The maximum Gasteiger partial charge on any atom is 0.303 e. The van der Waals surface area contributed by atoms with E-state index < -0.39 is 115 Å². The molecule has 0 aromatic heterocycles. The molecule has 0 heterocycles. The van der Waals surface area contributed by atoms with Crippen LogP contribution in [-0.2, 0) is 47.9 Å². The lowest BCUT2D eigenvalue weighted by Crippen LogP contribution is -2.59. The molecule has 368 valence electrons. The van der Waals surface area contributed by atoms with E-state index in [9.17, 15) is 53.1 Å². The van der Waals surface area contributed by atoms with Crippen LogP contribution in [0.25, 0.3) is 0 Å². The summed E-state index contributed by atoms with van der Waals surface area (Å²) >= 11 is 1.30. The highest BCUT2D eigenvalue weighted by atomic mass is 32.2. The van der Waals surface area contributed by atoms with Crippen molar-refractivity contribution >= 4 is 82.9 Å². The molecule has 6 unspecified atom stereocenters. The zero-order valence-electron chi connectivity index (χ0n) is 36.7. The molecule has 0 rings (SSSR count). The lowest BCUT2D eigenvalue weighted by atomic mass is 10.0. The summed E-state index contributed by atoms with van der Waals surface area (Å²) in [6.45, 7) is 0.261. The standard InChI is InChI=1S/C37H67N15O12S/c1-44-21(10-13-27(54)45-16-5-8-28(55)56)31(60)50-24(11-14-29(57)58)34(63)52-25(15-19-65-2)35(64)51-23(9-12-26(38)53)33(62)49-22(7-4-18-47-37(42)43)32(61)48-20(30(39)59)6-3-17-46-36(40)41/h20-25,44H,3-19H2,1-2H3,(H2,38,53)(H2,39,59)(H,45,54)(H,48,61)(H,49,62)(H,50,60)(H,51,64)(H,52,63)(H,55,56)(H,57,58)(H4,40,41,46)(H4,42,43,47). The van der Waals surface area contributed by atoms with E-state index >= 15 is 0 Å². The van der Waals surface area contributed by atoms with E-state index in [0.717, 1.165) is 0 Å². The van der Waals surface area contributed by atoms with Crippen molar-refractivity contribution in [2.24, 2.45) is 44.4 Å². The summed E-state index contributed by atoms with van der Waals surface area (Å²) in [5, 5.41) is 35.9. The van der Waals surface area contributed by atoms with Crippen molar-refractivity contribution in [1.29, 1.82) is 0 Å². The minimum atomic E-state index is -1.53. The second-order valence-corrected chi connectivity index (χ2v) is 15.5. The fraction of sp³-hybridized carbons (Fsp3) is 0.676. The first kappa shape index (κ1) is 58.6. The van der Waals surface area contributed by atoms with Crippen LogP contribution < -0.4 is 71.6 Å². The second-order valence-electron chi connectivity index (χ2n) is 14.6. The number of carboxylic acids is 2. The van der Waals surface area contributed by atoms with E-state index in [4.69, 9.17) is 39.5 Å². The number of aliphatic carboxylic acids is 2. The summed E-state index contributed by atoms with van der Waals surface area (Å²) in [4.78, 5) is 135. The average Bonchev–Trinajstić information content (AvgIpc) is 3.22. The molecule has 0 fully saturated rings. The van der Waals surface area contributed by atoms with Gasteiger partial charge in [0, 0.05) is 45.3 Å². The van der Waals surface area contributed by atoms with E-state index in [2.05, 4.69) is 47.2 Å². The molecule has 0 bridgehead atoms. The van der Waals surface area contributed by atoms with Crippen LogP contribution in [0.5, 0.6) is 0 Å². The number of likely N-dealkylation sites (N-methyl/N-ethyl adjacent to an activating group) is 1. The first-order valence-corrected chi connectivity index (χ1v) is 22.1. The molecule has 6 atom stereocenters. The maximum absolute atomic E-state index is 13.9. The van der Waals surface area contributed by atoms with Crippen molar-refractivity contribution in [2.75, 3.05) is 38.7 Å². The van der Waals surface area contributed by atoms with Gasteiger partial charge in [-0.2, -0.15) is 11.8 Å². The van der Waals surface area contributed by atoms with Crippen LogP contribution in [0.15, 0.2) is 9.98 Å². The molecule has 0 saturated carbocycles. The summed E-state index contributed by atoms with van der Waals surface area (Å²) in [6, 6.07) is -8.02. The minimum Gasteiger partial charge on any atom is -0.481 e. The van der Waals surface area contributed by atoms with Gasteiger partial charge in [0.15, 0.2) is 11.9 Å². The third-order valence-corrected chi connectivity index (χ3v) is 9.88. The number of primary amides is 2. The van der Waals surface area contributed by atoms with Crippen molar-refractivity contribution in [2.45, 2.75) is 120 Å². The molecule has 0 spiro atoms. The van der Waals surface area contributed by atoms with Crippen LogP contribution in [0.3, 0.4) is 0 Å². The number of rotatable bonds is 36. The molecule has 0 aliphatic carbocycles. The van der Waals surface area contributed by atoms with E-state index in [1.54, 1.807) is 6.26 Å². The quantitative estimate of drug-likeness (QED) is 0.0158. The Balaban J connectivity index is 6.36. The highest BCUT2D eigenvalue weighted by Crippen LogP contribution is 2.09. The van der Waals surface area contributed by atoms with Crippen molar-refractivity contribution in [3.8, 4) is 0 Å². The van der Waals surface area contributed by atoms with Crippen molar-refractivity contribution < 1.29 is 58.2 Å². The second kappa shape index (κ2) is 33.1. The number of carbonyl (C=O) groups is 10. The molecular weight excluding hydrogens is 879 g/mol. The molecule has 8 amide bonds. The van der Waals surface area contributed by atoms with Gasteiger partial charge in [0.1, 0.15) is 30.2 Å². The molecule has 28 heteroatoms. The number of guanidine groups is 2. The zero-order valence-corrected chi connectivity index (χ0v) is 37.5. The molecule has 0 radical (unpaired) electrons. The number of nitrogens with zero attached hydrogens (tertiary/aromatic N) is 2. The molecule has 0 aromatic carbocycles. The molecular formula is C37H67N15O12S. The predicted molar refractivity (Wildman–Crippen MR) is 239 cm³/mol. The normalized spacial score (nSPS) is 13.4. The van der Waals surface area contributed by atoms with Gasteiger partial charge >= 0.3 is 11.9 Å². The Morgan fingerprint density at radius 2 is 0.908 bits per heavy atom. The van der Waals surface area contributed by atoms with Gasteiger partial charge in [0.05, 0.1) is 6.04 Å². The highest BCUT2D eigenvalue weighted by molar-refractivity contribution is 7.98. The molecule has 0 saturated heterocycles. The smallest absolute Gasteiger partial charge is 0.303 e. The Morgan fingerprint density at radius 1 is 0.508 bits per heavy atom. The lowest BCUT2D eigenvalue weighted by Gasteiger charge is -2.27. The topological polar surface area (TPSA) is 476 Å². The molecule has 65 heavy (non-hydrogen) atoms. The number of thioether (sulfide) groups is 1. The van der Waals surface area contributed by atoms with Gasteiger partial charge in [-0.15, -0.1) is 0 Å². The Hall–Kier alpha value is -6.45. The van der Waals surface area contributed by atoms with Crippen molar-refractivity contribution in [1.82, 2.24) is 37.2 Å². The summed E-state index contributed by atoms with van der Waals surface area (Å²) in [7, 11) is 1.42. The van der Waals surface area contributed by atoms with E-state index in [1.807, 2.05) is 0 Å². The number of aliphatic imine (C=N–C) groups is 2. The Kier molecular flexibility index (Phi) is 29.8. The first-order chi connectivity index (χ1) is 30.6. The maximum atomic E-state index is 13.9. The van der Waals surface area contributed by atoms with Crippen LogP contribution in [0.4, 0.5) is 0 Å². The Morgan fingerprint density at radius 3 is 1.32 bits per heavy atom. The van der Waals surface area contributed by atoms with Gasteiger partial charge < -0.3 is 81.8 Å². The molecule has 21 N–H and O–H groups in total. The average molecular weight is 946 g/mol. The number of hydrogen-bond donors (Lipinski definition) is 15. The van der Waals surface area contributed by atoms with Crippen molar-refractivity contribution in [3.63, 3.8) is 0 Å². The first-order valence-electron chi connectivity index (χ1n) is 20.7. The van der Waals surface area contributed by atoms with Crippen LogP contribution in [0.1, 0.15) is 83.5 Å². The number of carboxylic acid groups (broad SMARTS) is 2. The minimum absolute atomic E-state index is 0.0292. The SMILES string of the molecule is CNC(CCC(=O)NCCCC(=O)O)C(=O)NC(CCC(=O)O)C(=O)NC(CCSC)C(=O)NC(CCC(N)=O)C(=O)NC(CCCN=C(N)N)C(=O)NC(CCCN=C(N)N)C(N)=O. The number of nitrogens with two attached hydrogens (primary N) is 6. The summed E-state index contributed by atoms with van der Waals surface area (Å²) < 4.78 is 0. The predicted octanol–water partition coefficient (Wildman–Crippen LogP) is -5.76. The van der Waals surface area contributed by atoms with Crippen LogP contribution in [0.2, 0.25) is 0 Å². The number of carbonyl (C=O) groups excluding carboxylic acids is 8. The Labute approximate surface area is 380 Å². The lowest BCUT2D eigenvalue weighted by molar-refractivity contribution is -0.139. The number of nitrogens with one attached hydrogen (secondary N) is 7. The highest BCUT2D eigenvalue weighted by Gasteiger charge is 2.33. The monoisotopic (exact) mass is 945 g/mol. The third-order valence-electron chi connectivity index (χ3n) is 9.23. The summed E-state index contributed by atoms with van der Waals surface area (Å²) in [5.41, 5.74) is 32.4. The van der Waals surface area contributed by atoms with Gasteiger partial charge in [-0.3, -0.25) is 57.9 Å². The van der Waals surface area contributed by atoms with Crippen LogP contribution in [-0.4, -0.2) is 156 Å². The van der Waals surface area contributed by atoms with Crippen LogP contribution >= 0.6 is 11.8 Å². The summed E-state index contributed by atoms with van der Waals surface area (Å²) in [6.07, 6.45) is 0.0893. The van der Waals surface area contributed by atoms with Gasteiger partial charge in [-0.1, -0.05) is 0 Å². The van der Waals surface area contributed by atoms with Gasteiger partial charge in [0.25, 0.3) is 0 Å². The number of amides is 8. The largest absolute Gasteiger partial charge is 0.481 e. The fourth-order valence-electron chi connectivity index (χ4n) is 5.76. The van der Waals surface area contributed by atoms with Gasteiger partial charge in [-0.25, -0.2) is 0 Å². The Bertz CT molecular complexity index is 1680. The summed E-state index contributed by atoms with van der Waals surface area (Å²) in [5.74, 6) is -9.08. The van der Waals surface area contributed by atoms with E-state index in [1.165, 1.54) is 18.8 Å². The fourth-order valence-corrected chi connectivity index (χ4v) is 6.23. The zero-order chi connectivity index (χ0) is 49.5. The molecule has 27 nitrogen and oxygen atoms in total. The number of hydrogen-bond acceptors (Lipinski definition) is 14. The molecule has 0 aliphatic rings. The third kappa shape index (κ3) is 28.1. The molecule has 0 aliphatic heterocycles. The van der Waals surface area contributed by atoms with Gasteiger partial charge in [-0.05, 0) is 76.8 Å². The van der Waals surface area contributed by atoms with Crippen LogP contribution in [0, 0.1) is 0 Å².